The molecule has 0 bridgehead atoms. The van der Waals surface area contributed by atoms with Gasteiger partial charge in [0.2, 0.25) is 0 Å². The summed E-state index contributed by atoms with van der Waals surface area (Å²) in [7, 11) is 3.17. The number of nitrogens with one attached hydrogen (secondary N) is 1. The van der Waals surface area contributed by atoms with Gasteiger partial charge in [-0.2, -0.15) is 0 Å². The molecule has 5 nitrogen and oxygen atoms in total. The van der Waals surface area contributed by atoms with Crippen LogP contribution in [0.4, 0.5) is 4.39 Å². The van der Waals surface area contributed by atoms with E-state index in [9.17, 15) is 4.39 Å². The lowest BCUT2D eigenvalue weighted by Gasteiger charge is -2.35. The zero-order chi connectivity index (χ0) is 15.4. The molecule has 1 saturated heterocycles. The Morgan fingerprint density at radius 1 is 1.57 bits per heavy atom. The van der Waals surface area contributed by atoms with Gasteiger partial charge in [-0.1, -0.05) is 16.8 Å². The predicted molar refractivity (Wildman–Crippen MR) is 85.4 cm³/mol. The normalized spacial score (nSPS) is 21.4. The molecule has 116 valence electrons. The summed E-state index contributed by atoms with van der Waals surface area (Å²) in [6.45, 7) is 1.69. The molecule has 2 aliphatic rings. The van der Waals surface area contributed by atoms with Crippen LogP contribution in [-0.4, -0.2) is 48.0 Å². The Hall–Kier alpha value is -1.18. The molecular formula is C13H18ClFN4OS. The number of hydrogen-bond donors (Lipinski definition) is 1. The zero-order valence-corrected chi connectivity index (χ0v) is 13.6. The quantitative estimate of drug-likeness (QED) is 0.621. The van der Waals surface area contributed by atoms with Crippen LogP contribution in [-0.2, 0) is 4.84 Å². The summed E-state index contributed by atoms with van der Waals surface area (Å²) in [6, 6.07) is 0. The van der Waals surface area contributed by atoms with Gasteiger partial charge in [-0.15, -0.1) is 0 Å². The lowest BCUT2D eigenvalue weighted by Crippen LogP contribution is -2.51. The van der Waals surface area contributed by atoms with Gasteiger partial charge < -0.3 is 9.74 Å². The summed E-state index contributed by atoms with van der Waals surface area (Å²) >= 11 is 11.4. The Kier molecular flexibility index (Phi) is 5.55. The molecule has 0 saturated carbocycles. The number of thiocarbonyl (C=S) groups is 1. The van der Waals surface area contributed by atoms with Crippen molar-refractivity contribution in [3.05, 3.63) is 22.6 Å². The first kappa shape index (κ1) is 16.2. The number of hydrogen-bond acceptors (Lipinski definition) is 4. The van der Waals surface area contributed by atoms with E-state index in [0.29, 0.717) is 16.5 Å². The second-order valence-electron chi connectivity index (χ2n) is 4.79. The van der Waals surface area contributed by atoms with Gasteiger partial charge in [0, 0.05) is 26.6 Å². The maximum Gasteiger partial charge on any atom is 0.190 e. The smallest absolute Gasteiger partial charge is 0.190 e. The standard InChI is InChI=1S/C13H18ClFN4OS/c1-18(13(21)19-6-4-3-5-16-19)12-8-11(17-20-2)9(14)7-10(12)15/h7,16H,3-6,8H2,1-2H3. The largest absolute Gasteiger partial charge is 0.399 e. The zero-order valence-electron chi connectivity index (χ0n) is 12.0. The Labute approximate surface area is 134 Å². The highest BCUT2D eigenvalue weighted by molar-refractivity contribution is 7.80. The van der Waals surface area contributed by atoms with Crippen LogP contribution in [0.5, 0.6) is 0 Å². The molecule has 0 aromatic carbocycles. The van der Waals surface area contributed by atoms with Crippen molar-refractivity contribution in [1.82, 2.24) is 15.3 Å². The summed E-state index contributed by atoms with van der Waals surface area (Å²) in [5.41, 5.74) is 4.11. The highest BCUT2D eigenvalue weighted by Crippen LogP contribution is 2.28. The van der Waals surface area contributed by atoms with E-state index in [1.54, 1.807) is 11.9 Å². The van der Waals surface area contributed by atoms with Crippen LogP contribution in [0, 0.1) is 0 Å². The third-order valence-corrected chi connectivity index (χ3v) is 4.20. The van der Waals surface area contributed by atoms with Crippen molar-refractivity contribution in [1.29, 1.82) is 0 Å². The maximum atomic E-state index is 14.2. The molecule has 0 radical (unpaired) electrons. The van der Waals surface area contributed by atoms with Gasteiger partial charge in [0.15, 0.2) is 5.11 Å². The SMILES string of the molecule is CON=C1CC(N(C)C(=S)N2CCCCN2)=C(F)C=C1Cl. The second kappa shape index (κ2) is 7.20. The van der Waals surface area contributed by atoms with Crippen molar-refractivity contribution in [2.75, 3.05) is 27.2 Å². The van der Waals surface area contributed by atoms with Crippen molar-refractivity contribution >= 4 is 34.6 Å². The molecule has 21 heavy (non-hydrogen) atoms. The van der Waals surface area contributed by atoms with E-state index in [1.165, 1.54) is 13.2 Å². The number of allylic oxidation sites excluding steroid dienone is 4. The van der Waals surface area contributed by atoms with E-state index < -0.39 is 5.83 Å². The lowest BCUT2D eigenvalue weighted by molar-refractivity contribution is 0.212. The van der Waals surface area contributed by atoms with Gasteiger partial charge in [-0.3, -0.25) is 5.01 Å². The third-order valence-electron chi connectivity index (χ3n) is 3.38. The number of oxime groups is 1. The first-order valence-electron chi connectivity index (χ1n) is 6.69. The third kappa shape index (κ3) is 3.72. The molecule has 0 amide bonds. The van der Waals surface area contributed by atoms with E-state index in [0.717, 1.165) is 25.9 Å². The molecule has 1 fully saturated rings. The highest BCUT2D eigenvalue weighted by Gasteiger charge is 2.26. The van der Waals surface area contributed by atoms with E-state index >= 15 is 0 Å². The molecule has 0 aromatic heterocycles. The molecular weight excluding hydrogens is 315 g/mol. The van der Waals surface area contributed by atoms with E-state index in [-0.39, 0.29) is 11.5 Å². The van der Waals surface area contributed by atoms with Crippen molar-refractivity contribution < 1.29 is 9.23 Å². The monoisotopic (exact) mass is 332 g/mol. The molecule has 1 N–H and O–H groups in total. The van der Waals surface area contributed by atoms with Crippen LogP contribution < -0.4 is 5.43 Å². The van der Waals surface area contributed by atoms with Gasteiger partial charge in [0.05, 0.1) is 10.7 Å². The van der Waals surface area contributed by atoms with Crippen LogP contribution in [0.15, 0.2) is 27.8 Å². The van der Waals surface area contributed by atoms with Crippen molar-refractivity contribution in [3.63, 3.8) is 0 Å². The van der Waals surface area contributed by atoms with E-state index in [2.05, 4.69) is 10.6 Å². The predicted octanol–water partition coefficient (Wildman–Crippen LogP) is 2.51. The summed E-state index contributed by atoms with van der Waals surface area (Å²) in [5, 5.41) is 6.46. The van der Waals surface area contributed by atoms with Gasteiger partial charge in [-0.25, -0.2) is 9.82 Å². The van der Waals surface area contributed by atoms with Gasteiger partial charge in [0.1, 0.15) is 18.6 Å². The molecule has 2 rings (SSSR count). The number of halogens is 2. The molecule has 1 aliphatic carbocycles. The maximum absolute atomic E-state index is 14.2. The summed E-state index contributed by atoms with van der Waals surface area (Å²) in [4.78, 5) is 6.38. The average molecular weight is 333 g/mol. The minimum absolute atomic E-state index is 0.236. The Morgan fingerprint density at radius 2 is 2.33 bits per heavy atom. The first-order valence-corrected chi connectivity index (χ1v) is 7.48. The fraction of sp³-hybridized carbons (Fsp3) is 0.538. The van der Waals surface area contributed by atoms with Crippen molar-refractivity contribution in [3.8, 4) is 0 Å². The molecule has 0 unspecified atom stereocenters. The molecule has 0 aromatic rings. The van der Waals surface area contributed by atoms with Crippen molar-refractivity contribution in [2.45, 2.75) is 19.3 Å². The van der Waals surface area contributed by atoms with Crippen LogP contribution >= 0.6 is 23.8 Å². The molecule has 0 spiro atoms. The molecule has 8 heteroatoms. The number of hydrazine groups is 1. The molecule has 1 heterocycles. The molecule has 1 aliphatic heterocycles. The fourth-order valence-electron chi connectivity index (χ4n) is 2.22. The Morgan fingerprint density at radius 3 is 2.95 bits per heavy atom. The minimum atomic E-state index is -0.406. The summed E-state index contributed by atoms with van der Waals surface area (Å²) < 4.78 is 14.2. The minimum Gasteiger partial charge on any atom is -0.399 e. The Balaban J connectivity index is 2.17. The number of rotatable bonds is 2. The highest BCUT2D eigenvalue weighted by atomic mass is 35.5. The van der Waals surface area contributed by atoms with Gasteiger partial charge in [0.25, 0.3) is 0 Å². The summed E-state index contributed by atoms with van der Waals surface area (Å²) in [6.07, 6.45) is 3.65. The average Bonchev–Trinajstić information content (AvgIpc) is 2.49. The number of nitrogens with zero attached hydrogens (tertiary/aromatic N) is 3. The molecule has 0 atom stereocenters. The van der Waals surface area contributed by atoms with E-state index in [1.807, 2.05) is 5.01 Å². The van der Waals surface area contributed by atoms with Crippen LogP contribution in [0.3, 0.4) is 0 Å². The second-order valence-corrected chi connectivity index (χ2v) is 5.57. The van der Waals surface area contributed by atoms with Crippen LogP contribution in [0.25, 0.3) is 0 Å². The van der Waals surface area contributed by atoms with E-state index in [4.69, 9.17) is 28.7 Å². The first-order chi connectivity index (χ1) is 10.0. The van der Waals surface area contributed by atoms with Crippen LogP contribution in [0.1, 0.15) is 19.3 Å². The Bertz CT molecular complexity index is 514. The topological polar surface area (TPSA) is 40.1 Å². The van der Waals surface area contributed by atoms with Crippen molar-refractivity contribution in [2.24, 2.45) is 5.16 Å². The lowest BCUT2D eigenvalue weighted by atomic mass is 10.1. The summed E-state index contributed by atoms with van der Waals surface area (Å²) in [5.74, 6) is -0.406. The fourth-order valence-corrected chi connectivity index (χ4v) is 2.68. The van der Waals surface area contributed by atoms with Gasteiger partial charge >= 0.3 is 0 Å². The van der Waals surface area contributed by atoms with Crippen LogP contribution in [0.2, 0.25) is 0 Å². The van der Waals surface area contributed by atoms with Gasteiger partial charge in [-0.05, 0) is 31.1 Å².